The van der Waals surface area contributed by atoms with Crippen LogP contribution in [0.25, 0.3) is 0 Å². The van der Waals surface area contributed by atoms with E-state index in [1.54, 1.807) is 38.3 Å². The number of nitrogens with zero attached hydrogens (tertiary/aromatic N) is 1. The number of hydrogen-bond acceptors (Lipinski definition) is 7. The van der Waals surface area contributed by atoms with Crippen LogP contribution in [0.5, 0.6) is 11.5 Å². The number of rotatable bonds is 9. The average molecular weight is 415 g/mol. The van der Waals surface area contributed by atoms with Crippen LogP contribution in [0, 0.1) is 6.92 Å². The second kappa shape index (κ2) is 9.04. The third-order valence-electron chi connectivity index (χ3n) is 4.98. The van der Waals surface area contributed by atoms with Crippen LogP contribution in [0.3, 0.4) is 0 Å². The van der Waals surface area contributed by atoms with E-state index >= 15 is 0 Å². The van der Waals surface area contributed by atoms with Crippen LogP contribution in [0.4, 0.5) is 0 Å². The molecule has 8 nitrogen and oxygen atoms in total. The molecule has 1 aliphatic rings. The van der Waals surface area contributed by atoms with Crippen molar-refractivity contribution in [2.24, 2.45) is 0 Å². The van der Waals surface area contributed by atoms with Gasteiger partial charge in [-0.2, -0.15) is 0 Å². The Balaban J connectivity index is 2.08. The molecule has 1 aromatic carbocycles. The molecule has 30 heavy (non-hydrogen) atoms. The van der Waals surface area contributed by atoms with Gasteiger partial charge in [0.2, 0.25) is 5.78 Å². The molecule has 0 bridgehead atoms. The number of carbonyl (C=O) groups is 2. The summed E-state index contributed by atoms with van der Waals surface area (Å²) in [5.74, 6) is -0.147. The summed E-state index contributed by atoms with van der Waals surface area (Å²) in [6, 6.07) is 7.51. The lowest BCUT2D eigenvalue weighted by Crippen LogP contribution is -2.32. The van der Waals surface area contributed by atoms with Crippen LogP contribution < -0.4 is 9.47 Å². The lowest BCUT2D eigenvalue weighted by atomic mass is 9.94. The van der Waals surface area contributed by atoms with E-state index in [-0.39, 0.29) is 11.3 Å². The van der Waals surface area contributed by atoms with Crippen molar-refractivity contribution in [3.8, 4) is 11.5 Å². The minimum Gasteiger partial charge on any atom is -0.503 e. The van der Waals surface area contributed by atoms with E-state index in [0.717, 1.165) is 0 Å². The molecule has 2 aromatic rings. The second-order valence-electron chi connectivity index (χ2n) is 6.86. The van der Waals surface area contributed by atoms with E-state index in [2.05, 4.69) is 0 Å². The van der Waals surface area contributed by atoms with E-state index in [4.69, 9.17) is 18.6 Å². The van der Waals surface area contributed by atoms with E-state index < -0.39 is 23.5 Å². The highest BCUT2D eigenvalue weighted by Gasteiger charge is 2.44. The fourth-order valence-electron chi connectivity index (χ4n) is 3.55. The number of benzene rings is 1. The molecule has 1 aromatic heterocycles. The van der Waals surface area contributed by atoms with Gasteiger partial charge in [0.1, 0.15) is 5.76 Å². The third-order valence-corrected chi connectivity index (χ3v) is 4.98. The zero-order valence-electron chi connectivity index (χ0n) is 17.4. The molecule has 0 unspecified atom stereocenters. The molecular formula is C22H25NO7. The Morgan fingerprint density at radius 3 is 2.47 bits per heavy atom. The molecule has 0 spiro atoms. The summed E-state index contributed by atoms with van der Waals surface area (Å²) in [5, 5.41) is 10.6. The Morgan fingerprint density at radius 1 is 1.13 bits per heavy atom. The van der Waals surface area contributed by atoms with Crippen molar-refractivity contribution in [1.82, 2.24) is 4.90 Å². The largest absolute Gasteiger partial charge is 0.503 e. The number of aliphatic hydroxyl groups excluding tert-OH is 1. The van der Waals surface area contributed by atoms with Crippen molar-refractivity contribution in [3.63, 3.8) is 0 Å². The lowest BCUT2D eigenvalue weighted by Gasteiger charge is -2.27. The zero-order valence-corrected chi connectivity index (χ0v) is 17.4. The Bertz CT molecular complexity index is 976. The molecule has 0 saturated carbocycles. The Kier molecular flexibility index (Phi) is 6.47. The van der Waals surface area contributed by atoms with E-state index in [1.165, 1.54) is 25.2 Å². The van der Waals surface area contributed by atoms with Crippen molar-refractivity contribution in [1.29, 1.82) is 0 Å². The highest BCUT2D eigenvalue weighted by Crippen LogP contribution is 2.41. The van der Waals surface area contributed by atoms with Crippen molar-refractivity contribution < 1.29 is 33.3 Å². The molecule has 0 radical (unpaired) electrons. The Hall–Kier alpha value is -3.26. The molecule has 0 saturated heterocycles. The molecule has 1 amide bonds. The zero-order chi connectivity index (χ0) is 21.8. The van der Waals surface area contributed by atoms with Gasteiger partial charge in [-0.3, -0.25) is 9.59 Å². The van der Waals surface area contributed by atoms with Gasteiger partial charge in [0.15, 0.2) is 23.0 Å². The van der Waals surface area contributed by atoms with Gasteiger partial charge < -0.3 is 28.6 Å². The van der Waals surface area contributed by atoms with E-state index in [0.29, 0.717) is 42.4 Å². The highest BCUT2D eigenvalue weighted by molar-refractivity contribution is 6.15. The number of carbonyl (C=O) groups excluding carboxylic acids is 2. The van der Waals surface area contributed by atoms with Crippen LogP contribution in [-0.2, 0) is 9.53 Å². The SMILES string of the molecule is COCCCN1C(=O)C(O)=C(C(=O)c2ccc(C)o2)[C@H]1c1ccc(OC)c(OC)c1. The molecule has 1 atom stereocenters. The maximum Gasteiger partial charge on any atom is 0.290 e. The van der Waals surface area contributed by atoms with Gasteiger partial charge in [-0.25, -0.2) is 0 Å². The first-order valence-electron chi connectivity index (χ1n) is 9.49. The number of hydrogen-bond donors (Lipinski definition) is 1. The Labute approximate surface area is 174 Å². The van der Waals surface area contributed by atoms with Crippen molar-refractivity contribution in [3.05, 3.63) is 58.7 Å². The van der Waals surface area contributed by atoms with Gasteiger partial charge in [-0.1, -0.05) is 6.07 Å². The lowest BCUT2D eigenvalue weighted by molar-refractivity contribution is -0.129. The summed E-state index contributed by atoms with van der Waals surface area (Å²) in [4.78, 5) is 27.5. The van der Waals surface area contributed by atoms with Crippen molar-refractivity contribution in [2.75, 3.05) is 34.5 Å². The molecule has 1 aliphatic heterocycles. The van der Waals surface area contributed by atoms with Crippen molar-refractivity contribution in [2.45, 2.75) is 19.4 Å². The quantitative estimate of drug-likeness (QED) is 0.496. The first-order chi connectivity index (χ1) is 14.4. The predicted octanol–water partition coefficient (Wildman–Crippen LogP) is 3.22. The summed E-state index contributed by atoms with van der Waals surface area (Å²) in [7, 11) is 4.60. The normalized spacial score (nSPS) is 16.3. The first kappa shape index (κ1) is 21.4. The summed E-state index contributed by atoms with van der Waals surface area (Å²) in [6.45, 7) is 2.45. The van der Waals surface area contributed by atoms with Crippen LogP contribution in [-0.4, -0.2) is 56.2 Å². The number of furan rings is 1. The van der Waals surface area contributed by atoms with E-state index in [1.807, 2.05) is 0 Å². The minimum absolute atomic E-state index is 0.0287. The van der Waals surface area contributed by atoms with Crippen LogP contribution in [0.2, 0.25) is 0 Å². The molecule has 2 heterocycles. The van der Waals surface area contributed by atoms with Crippen molar-refractivity contribution >= 4 is 11.7 Å². The smallest absolute Gasteiger partial charge is 0.290 e. The molecule has 0 aliphatic carbocycles. The topological polar surface area (TPSA) is 98.4 Å². The van der Waals surface area contributed by atoms with Gasteiger partial charge >= 0.3 is 0 Å². The third kappa shape index (κ3) is 3.91. The number of ketones is 1. The molecule has 0 fully saturated rings. The molecule has 160 valence electrons. The molecular weight excluding hydrogens is 390 g/mol. The van der Waals surface area contributed by atoms with Gasteiger partial charge in [0.05, 0.1) is 25.8 Å². The molecule has 8 heteroatoms. The summed E-state index contributed by atoms with van der Waals surface area (Å²) < 4.78 is 21.2. The fraction of sp³-hybridized carbons (Fsp3) is 0.364. The number of methoxy groups -OCH3 is 3. The number of amides is 1. The number of Topliss-reactive ketones (excluding diaryl/α,β-unsaturated/α-hetero) is 1. The number of ether oxygens (including phenoxy) is 3. The summed E-state index contributed by atoms with van der Waals surface area (Å²) in [5.41, 5.74) is 0.577. The number of aliphatic hydroxyl groups is 1. The highest BCUT2D eigenvalue weighted by atomic mass is 16.5. The predicted molar refractivity (Wildman–Crippen MR) is 108 cm³/mol. The standard InChI is InChI=1S/C22H25NO7/c1-13-6-8-16(30-13)20(24)18-19(14-7-9-15(28-3)17(12-14)29-4)23(10-5-11-27-2)22(26)21(18)25/h6-9,12,19,25H,5,10-11H2,1-4H3/t19-/m1/s1. The van der Waals surface area contributed by atoms with Gasteiger partial charge in [-0.05, 0) is 43.2 Å². The van der Waals surface area contributed by atoms with Gasteiger partial charge in [0, 0.05) is 20.3 Å². The Morgan fingerprint density at radius 2 is 1.87 bits per heavy atom. The maximum absolute atomic E-state index is 13.2. The second-order valence-corrected chi connectivity index (χ2v) is 6.86. The van der Waals surface area contributed by atoms with Gasteiger partial charge in [0.25, 0.3) is 5.91 Å². The van der Waals surface area contributed by atoms with E-state index in [9.17, 15) is 14.7 Å². The minimum atomic E-state index is -0.799. The van der Waals surface area contributed by atoms with Crippen LogP contribution >= 0.6 is 0 Å². The fourth-order valence-corrected chi connectivity index (χ4v) is 3.55. The molecule has 3 rings (SSSR count). The monoisotopic (exact) mass is 415 g/mol. The summed E-state index contributed by atoms with van der Waals surface area (Å²) in [6.07, 6.45) is 0.542. The van der Waals surface area contributed by atoms with Gasteiger partial charge in [-0.15, -0.1) is 0 Å². The summed E-state index contributed by atoms with van der Waals surface area (Å²) >= 11 is 0. The maximum atomic E-state index is 13.2. The first-order valence-corrected chi connectivity index (χ1v) is 9.49. The molecule has 1 N–H and O–H groups in total. The number of aryl methyl sites for hydroxylation is 1. The van der Waals surface area contributed by atoms with Crippen LogP contribution in [0.1, 0.15) is 34.3 Å². The average Bonchev–Trinajstić information content (AvgIpc) is 3.29. The van der Waals surface area contributed by atoms with Crippen LogP contribution in [0.15, 0.2) is 46.1 Å².